The Hall–Kier alpha value is -2.37. The fourth-order valence-electron chi connectivity index (χ4n) is 7.59. The van der Waals surface area contributed by atoms with Gasteiger partial charge in [0.05, 0.1) is 0 Å². The van der Waals surface area contributed by atoms with Crippen LogP contribution in [0, 0.1) is 0 Å². The summed E-state index contributed by atoms with van der Waals surface area (Å²) in [5.41, 5.74) is 0. The van der Waals surface area contributed by atoms with Crippen molar-refractivity contribution in [2.75, 3.05) is 13.2 Å². The highest BCUT2D eigenvalue weighted by Gasteiger charge is 2.19. The molecule has 0 saturated heterocycles. The largest absolute Gasteiger partial charge is 0.462 e. The van der Waals surface area contributed by atoms with Crippen molar-refractivity contribution in [2.24, 2.45) is 0 Å². The normalized spacial score (nSPS) is 12.2. The van der Waals surface area contributed by atoms with E-state index in [1.165, 1.54) is 154 Å². The molecule has 0 bridgehead atoms. The van der Waals surface area contributed by atoms with Crippen LogP contribution in [0.5, 0.6) is 0 Å². The SMILES string of the molecule is CCCCC/C=C/C/C=C/CCCCCCCC(=O)OCC(COC(=O)CCCCCCCCCCCCCCC)OC(=O)CCCCCCC/C=C/CCCCCCCC. The fraction of sp³-hybridized carbons (Fsp3) is 0.836. The molecule has 0 amide bonds. The van der Waals surface area contributed by atoms with E-state index in [1.807, 2.05) is 0 Å². The Morgan fingerprint density at radius 3 is 0.951 bits per heavy atom. The summed E-state index contributed by atoms with van der Waals surface area (Å²) < 4.78 is 16.8. The molecule has 0 aliphatic carbocycles. The summed E-state index contributed by atoms with van der Waals surface area (Å²) in [4.78, 5) is 38.0. The van der Waals surface area contributed by atoms with E-state index in [1.54, 1.807) is 0 Å². The van der Waals surface area contributed by atoms with Crippen LogP contribution in [0.3, 0.4) is 0 Å². The van der Waals surface area contributed by atoms with E-state index >= 15 is 0 Å². The van der Waals surface area contributed by atoms with Crippen LogP contribution in [0.25, 0.3) is 0 Å². The number of carbonyl (C=O) groups excluding carboxylic acids is 3. The van der Waals surface area contributed by atoms with Gasteiger partial charge in [0.25, 0.3) is 0 Å². The van der Waals surface area contributed by atoms with Crippen LogP contribution in [-0.4, -0.2) is 37.2 Å². The second-order valence-corrected chi connectivity index (χ2v) is 17.8. The van der Waals surface area contributed by atoms with E-state index in [9.17, 15) is 14.4 Å². The number of esters is 3. The van der Waals surface area contributed by atoms with Gasteiger partial charge in [-0.25, -0.2) is 0 Å². The highest BCUT2D eigenvalue weighted by atomic mass is 16.6. The predicted molar refractivity (Wildman–Crippen MR) is 261 cm³/mol. The van der Waals surface area contributed by atoms with Crippen molar-refractivity contribution in [3.05, 3.63) is 36.5 Å². The van der Waals surface area contributed by atoms with Gasteiger partial charge in [0.1, 0.15) is 13.2 Å². The van der Waals surface area contributed by atoms with Crippen molar-refractivity contribution < 1.29 is 28.6 Å². The molecule has 0 aromatic carbocycles. The molecule has 0 N–H and O–H groups in total. The number of unbranched alkanes of at least 4 members (excludes halogenated alkanes) is 31. The number of hydrogen-bond donors (Lipinski definition) is 0. The number of ether oxygens (including phenoxy) is 3. The van der Waals surface area contributed by atoms with Crippen molar-refractivity contribution in [3.8, 4) is 0 Å². The van der Waals surface area contributed by atoms with Gasteiger partial charge < -0.3 is 14.2 Å². The quantitative estimate of drug-likeness (QED) is 0.0262. The van der Waals surface area contributed by atoms with Gasteiger partial charge in [-0.3, -0.25) is 14.4 Å². The molecule has 0 aliphatic rings. The fourth-order valence-corrected chi connectivity index (χ4v) is 7.59. The Bertz CT molecular complexity index is 1030. The highest BCUT2D eigenvalue weighted by molar-refractivity contribution is 5.71. The molecule has 0 aromatic heterocycles. The number of allylic oxidation sites excluding steroid dienone is 6. The average Bonchev–Trinajstić information content (AvgIpc) is 3.26. The molecule has 1 unspecified atom stereocenters. The minimum atomic E-state index is -0.778. The van der Waals surface area contributed by atoms with Crippen molar-refractivity contribution in [3.63, 3.8) is 0 Å². The van der Waals surface area contributed by atoms with Crippen LogP contribution in [-0.2, 0) is 28.6 Å². The lowest BCUT2D eigenvalue weighted by molar-refractivity contribution is -0.167. The van der Waals surface area contributed by atoms with E-state index < -0.39 is 6.10 Å². The van der Waals surface area contributed by atoms with E-state index in [4.69, 9.17) is 14.2 Å². The molecule has 1 atom stereocenters. The van der Waals surface area contributed by atoms with Gasteiger partial charge in [0.2, 0.25) is 0 Å². The van der Waals surface area contributed by atoms with Gasteiger partial charge in [-0.05, 0) is 77.0 Å². The molecule has 0 rings (SSSR count). The van der Waals surface area contributed by atoms with Crippen LogP contribution >= 0.6 is 0 Å². The Labute approximate surface area is 378 Å². The molecule has 0 heterocycles. The van der Waals surface area contributed by atoms with Crippen molar-refractivity contribution >= 4 is 17.9 Å². The minimum absolute atomic E-state index is 0.0770. The molecule has 61 heavy (non-hydrogen) atoms. The highest BCUT2D eigenvalue weighted by Crippen LogP contribution is 2.15. The third-order valence-corrected chi connectivity index (χ3v) is 11.6. The monoisotopic (exact) mass is 857 g/mol. The molecule has 0 radical (unpaired) electrons. The van der Waals surface area contributed by atoms with Crippen LogP contribution in [0.1, 0.15) is 278 Å². The molecule has 0 fully saturated rings. The molecule has 0 spiro atoms. The van der Waals surface area contributed by atoms with Gasteiger partial charge in [0.15, 0.2) is 6.10 Å². The molecular formula is C55H100O6. The lowest BCUT2D eigenvalue weighted by atomic mass is 10.0. The molecule has 0 saturated carbocycles. The summed E-state index contributed by atoms with van der Waals surface area (Å²) in [6.45, 7) is 6.61. The average molecular weight is 857 g/mol. The predicted octanol–water partition coefficient (Wildman–Crippen LogP) is 17.3. The Morgan fingerprint density at radius 2 is 0.590 bits per heavy atom. The smallest absolute Gasteiger partial charge is 0.306 e. The zero-order valence-electron chi connectivity index (χ0n) is 40.7. The summed E-state index contributed by atoms with van der Waals surface area (Å²) in [5, 5.41) is 0. The maximum Gasteiger partial charge on any atom is 0.306 e. The molecule has 6 heteroatoms. The standard InChI is InChI=1S/C55H100O6/c1-4-7-10-13-16-19-22-25-27-30-33-36-39-42-45-48-54(57)60-51-52(50-59-53(56)47-44-41-38-35-32-29-24-21-18-15-12-9-6-3)61-55(58)49-46-43-40-37-34-31-28-26-23-20-17-14-11-8-5-2/h16,19,25-28,52H,4-15,17-18,20-24,29-51H2,1-3H3/b19-16+,27-25+,28-26+. The Balaban J connectivity index is 4.39. The van der Waals surface area contributed by atoms with Gasteiger partial charge in [-0.2, -0.15) is 0 Å². The zero-order valence-corrected chi connectivity index (χ0v) is 40.7. The Morgan fingerprint density at radius 1 is 0.328 bits per heavy atom. The maximum atomic E-state index is 12.8. The van der Waals surface area contributed by atoms with Gasteiger partial charge in [-0.1, -0.05) is 218 Å². The number of rotatable bonds is 48. The van der Waals surface area contributed by atoms with E-state index in [-0.39, 0.29) is 31.1 Å². The summed E-state index contributed by atoms with van der Waals surface area (Å²) in [6, 6.07) is 0. The lowest BCUT2D eigenvalue weighted by Crippen LogP contribution is -2.30. The first-order valence-electron chi connectivity index (χ1n) is 26.5. The van der Waals surface area contributed by atoms with Crippen LogP contribution in [0.15, 0.2) is 36.5 Å². The lowest BCUT2D eigenvalue weighted by Gasteiger charge is -2.18. The summed E-state index contributed by atoms with van der Waals surface area (Å²) in [7, 11) is 0. The van der Waals surface area contributed by atoms with Crippen LogP contribution in [0.4, 0.5) is 0 Å². The van der Waals surface area contributed by atoms with Crippen molar-refractivity contribution in [2.45, 2.75) is 284 Å². The first kappa shape index (κ1) is 58.6. The molecule has 0 aromatic rings. The topological polar surface area (TPSA) is 78.9 Å². The summed E-state index contributed by atoms with van der Waals surface area (Å²) in [6.07, 6.45) is 58.3. The minimum Gasteiger partial charge on any atom is -0.462 e. The third-order valence-electron chi connectivity index (χ3n) is 11.6. The van der Waals surface area contributed by atoms with E-state index in [0.29, 0.717) is 19.3 Å². The molecule has 0 aliphatic heterocycles. The van der Waals surface area contributed by atoms with Crippen LogP contribution < -0.4 is 0 Å². The molecular weight excluding hydrogens is 757 g/mol. The van der Waals surface area contributed by atoms with Crippen molar-refractivity contribution in [1.82, 2.24) is 0 Å². The number of carbonyl (C=O) groups is 3. The van der Waals surface area contributed by atoms with Gasteiger partial charge in [-0.15, -0.1) is 0 Å². The first-order chi connectivity index (χ1) is 30.0. The number of hydrogen-bond acceptors (Lipinski definition) is 6. The second-order valence-electron chi connectivity index (χ2n) is 17.8. The zero-order chi connectivity index (χ0) is 44.4. The van der Waals surface area contributed by atoms with Crippen molar-refractivity contribution in [1.29, 1.82) is 0 Å². The molecule has 356 valence electrons. The van der Waals surface area contributed by atoms with Gasteiger partial charge >= 0.3 is 17.9 Å². The molecule has 6 nitrogen and oxygen atoms in total. The summed E-state index contributed by atoms with van der Waals surface area (Å²) in [5.74, 6) is -0.889. The Kier molecular flexibility index (Phi) is 48.3. The summed E-state index contributed by atoms with van der Waals surface area (Å²) >= 11 is 0. The second kappa shape index (κ2) is 50.3. The van der Waals surface area contributed by atoms with Crippen LogP contribution in [0.2, 0.25) is 0 Å². The van der Waals surface area contributed by atoms with E-state index in [0.717, 1.165) is 83.5 Å². The van der Waals surface area contributed by atoms with Gasteiger partial charge in [0, 0.05) is 19.3 Å². The van der Waals surface area contributed by atoms with E-state index in [2.05, 4.69) is 57.2 Å². The first-order valence-corrected chi connectivity index (χ1v) is 26.5. The maximum absolute atomic E-state index is 12.8. The third kappa shape index (κ3) is 48.5.